The van der Waals surface area contributed by atoms with Crippen LogP contribution in [0.1, 0.15) is 74.7 Å². The number of rotatable bonds is 2. The van der Waals surface area contributed by atoms with E-state index >= 15 is 0 Å². The largest absolute Gasteiger partial charge is 0.460 e. The lowest BCUT2D eigenvalue weighted by atomic mass is 9.57. The molecule has 1 aliphatic carbocycles. The van der Waals surface area contributed by atoms with E-state index in [9.17, 15) is 9.90 Å². The van der Waals surface area contributed by atoms with Gasteiger partial charge in [-0.25, -0.2) is 0 Å². The summed E-state index contributed by atoms with van der Waals surface area (Å²) in [5.41, 5.74) is -1.42. The van der Waals surface area contributed by atoms with Crippen molar-refractivity contribution in [3.8, 4) is 0 Å². The molecule has 3 nitrogen and oxygen atoms in total. The van der Waals surface area contributed by atoms with Gasteiger partial charge in [0.25, 0.3) is 0 Å². The fourth-order valence-electron chi connectivity index (χ4n) is 4.06. The third kappa shape index (κ3) is 4.47. The van der Waals surface area contributed by atoms with Crippen molar-refractivity contribution in [3.05, 3.63) is 0 Å². The summed E-state index contributed by atoms with van der Waals surface area (Å²) in [6.45, 7) is 16.0. The molecular formula is C17H32O3. The zero-order valence-corrected chi connectivity index (χ0v) is 14.5. The van der Waals surface area contributed by atoms with Crippen LogP contribution in [0.5, 0.6) is 0 Å². The number of esters is 1. The molecule has 1 unspecified atom stereocenters. The first kappa shape index (κ1) is 17.5. The maximum absolute atomic E-state index is 12.3. The Morgan fingerprint density at radius 3 is 1.80 bits per heavy atom. The Morgan fingerprint density at radius 1 is 1.05 bits per heavy atom. The summed E-state index contributed by atoms with van der Waals surface area (Å²) in [7, 11) is 0. The molecule has 0 aromatic heterocycles. The summed E-state index contributed by atoms with van der Waals surface area (Å²) in [5, 5.41) is 11.1. The molecule has 20 heavy (non-hydrogen) atoms. The van der Waals surface area contributed by atoms with Gasteiger partial charge in [-0.2, -0.15) is 0 Å². The minimum atomic E-state index is -0.979. The van der Waals surface area contributed by atoms with Gasteiger partial charge in [-0.1, -0.05) is 27.7 Å². The van der Waals surface area contributed by atoms with Crippen LogP contribution in [0.3, 0.4) is 0 Å². The molecule has 0 bridgehead atoms. The average Bonchev–Trinajstić information content (AvgIpc) is 2.07. The molecule has 0 radical (unpaired) electrons. The molecule has 0 saturated heterocycles. The number of aliphatic hydroxyl groups is 1. The molecule has 1 saturated carbocycles. The van der Waals surface area contributed by atoms with Crippen LogP contribution in [0.25, 0.3) is 0 Å². The zero-order chi connectivity index (χ0) is 16.0. The van der Waals surface area contributed by atoms with Crippen molar-refractivity contribution in [2.24, 2.45) is 16.7 Å². The Balaban J connectivity index is 2.94. The molecule has 0 aromatic rings. The second kappa shape index (κ2) is 5.01. The van der Waals surface area contributed by atoms with Crippen LogP contribution in [-0.4, -0.2) is 22.3 Å². The third-order valence-corrected chi connectivity index (χ3v) is 4.09. The molecule has 0 heterocycles. The van der Waals surface area contributed by atoms with Crippen molar-refractivity contribution in [3.63, 3.8) is 0 Å². The fraction of sp³-hybridized carbons (Fsp3) is 0.941. The van der Waals surface area contributed by atoms with Gasteiger partial charge in [0.15, 0.2) is 0 Å². The quantitative estimate of drug-likeness (QED) is 0.781. The summed E-state index contributed by atoms with van der Waals surface area (Å²) in [4.78, 5) is 12.3. The number of hydrogen-bond donors (Lipinski definition) is 1. The van der Waals surface area contributed by atoms with E-state index in [2.05, 4.69) is 27.7 Å². The number of ether oxygens (including phenoxy) is 1. The third-order valence-electron chi connectivity index (χ3n) is 4.09. The summed E-state index contributed by atoms with van der Waals surface area (Å²) >= 11 is 0. The van der Waals surface area contributed by atoms with Gasteiger partial charge < -0.3 is 9.84 Å². The highest BCUT2D eigenvalue weighted by atomic mass is 16.6. The zero-order valence-electron chi connectivity index (χ0n) is 14.5. The van der Waals surface area contributed by atoms with E-state index in [0.29, 0.717) is 12.8 Å². The minimum absolute atomic E-state index is 0.0345. The molecule has 0 aliphatic heterocycles. The number of carbonyl (C=O) groups is 1. The Kier molecular flexibility index (Phi) is 4.38. The lowest BCUT2D eigenvalue weighted by Gasteiger charge is -2.51. The molecule has 118 valence electrons. The Bertz CT molecular complexity index is 358. The Hall–Kier alpha value is -0.570. The van der Waals surface area contributed by atoms with Crippen LogP contribution in [0.15, 0.2) is 0 Å². The topological polar surface area (TPSA) is 46.5 Å². The van der Waals surface area contributed by atoms with Crippen LogP contribution in [0.4, 0.5) is 0 Å². The van der Waals surface area contributed by atoms with Crippen LogP contribution in [-0.2, 0) is 9.53 Å². The van der Waals surface area contributed by atoms with Crippen molar-refractivity contribution in [2.45, 2.75) is 85.9 Å². The van der Waals surface area contributed by atoms with E-state index in [1.54, 1.807) is 6.92 Å². The van der Waals surface area contributed by atoms with Gasteiger partial charge in [0.1, 0.15) is 5.60 Å². The van der Waals surface area contributed by atoms with Crippen LogP contribution >= 0.6 is 0 Å². The molecule has 1 N–H and O–H groups in total. The van der Waals surface area contributed by atoms with Crippen molar-refractivity contribution < 1.29 is 14.6 Å². The molecule has 1 fully saturated rings. The lowest BCUT2D eigenvalue weighted by Crippen LogP contribution is -2.52. The van der Waals surface area contributed by atoms with Crippen molar-refractivity contribution in [2.75, 3.05) is 0 Å². The van der Waals surface area contributed by atoms with E-state index < -0.39 is 17.1 Å². The molecule has 1 aliphatic rings. The van der Waals surface area contributed by atoms with Gasteiger partial charge in [0.2, 0.25) is 0 Å². The maximum atomic E-state index is 12.3. The predicted molar refractivity (Wildman–Crippen MR) is 81.4 cm³/mol. The highest BCUT2D eigenvalue weighted by Crippen LogP contribution is 2.52. The lowest BCUT2D eigenvalue weighted by molar-refractivity contribution is -0.179. The van der Waals surface area contributed by atoms with Gasteiger partial charge in [0.05, 0.1) is 11.5 Å². The number of hydrogen-bond acceptors (Lipinski definition) is 3. The molecule has 0 amide bonds. The maximum Gasteiger partial charge on any atom is 0.312 e. The van der Waals surface area contributed by atoms with E-state index in [1.807, 2.05) is 20.8 Å². The Morgan fingerprint density at radius 2 is 1.45 bits per heavy atom. The molecule has 0 spiro atoms. The highest BCUT2D eigenvalue weighted by Gasteiger charge is 2.51. The minimum Gasteiger partial charge on any atom is -0.460 e. The van der Waals surface area contributed by atoms with Crippen molar-refractivity contribution in [1.29, 1.82) is 0 Å². The summed E-state index contributed by atoms with van der Waals surface area (Å²) in [6.07, 6.45) is 2.34. The highest BCUT2D eigenvalue weighted by molar-refractivity contribution is 5.74. The summed E-state index contributed by atoms with van der Waals surface area (Å²) in [5.74, 6) is -0.797. The predicted octanol–water partition coefficient (Wildman–Crippen LogP) is 3.93. The van der Waals surface area contributed by atoms with Gasteiger partial charge in [-0.15, -0.1) is 0 Å². The summed E-state index contributed by atoms with van der Waals surface area (Å²) in [6, 6.07) is 0. The van der Waals surface area contributed by atoms with E-state index in [1.165, 1.54) is 0 Å². The van der Waals surface area contributed by atoms with Crippen LogP contribution in [0.2, 0.25) is 0 Å². The molecule has 0 aromatic carbocycles. The monoisotopic (exact) mass is 284 g/mol. The molecular weight excluding hydrogens is 252 g/mol. The first-order valence-electron chi connectivity index (χ1n) is 7.61. The molecule has 3 heteroatoms. The standard InChI is InChI=1S/C17H32O3/c1-12(13(18)20-14(2,3)4)17(19)10-15(5,6)9-16(7,8)11-17/h12,19H,9-11H2,1-8H3. The fourth-order valence-corrected chi connectivity index (χ4v) is 4.06. The van der Waals surface area contributed by atoms with Crippen molar-refractivity contribution >= 4 is 5.97 Å². The van der Waals surface area contributed by atoms with Gasteiger partial charge in [-0.3, -0.25) is 4.79 Å². The molecule has 1 atom stereocenters. The van der Waals surface area contributed by atoms with Gasteiger partial charge in [-0.05, 0) is 57.8 Å². The second-order valence-corrected chi connectivity index (χ2v) is 9.22. The number of carbonyl (C=O) groups excluding carboxylic acids is 1. The Labute approximate surface area is 124 Å². The van der Waals surface area contributed by atoms with E-state index in [0.717, 1.165) is 6.42 Å². The first-order chi connectivity index (χ1) is 8.66. The average molecular weight is 284 g/mol. The van der Waals surface area contributed by atoms with Gasteiger partial charge >= 0.3 is 5.97 Å². The van der Waals surface area contributed by atoms with Crippen LogP contribution < -0.4 is 0 Å². The normalized spacial score (nSPS) is 25.9. The first-order valence-corrected chi connectivity index (χ1v) is 7.61. The second-order valence-electron chi connectivity index (χ2n) is 9.22. The summed E-state index contributed by atoms with van der Waals surface area (Å²) < 4.78 is 5.46. The van der Waals surface area contributed by atoms with Gasteiger partial charge in [0, 0.05) is 0 Å². The van der Waals surface area contributed by atoms with Crippen molar-refractivity contribution in [1.82, 2.24) is 0 Å². The van der Waals surface area contributed by atoms with Crippen LogP contribution in [0, 0.1) is 16.7 Å². The van der Waals surface area contributed by atoms with E-state index in [4.69, 9.17) is 4.74 Å². The SMILES string of the molecule is CC(C(=O)OC(C)(C)C)C1(O)CC(C)(C)CC(C)(C)C1. The molecule has 1 rings (SSSR count). The van der Waals surface area contributed by atoms with E-state index in [-0.39, 0.29) is 16.8 Å². The smallest absolute Gasteiger partial charge is 0.312 e.